The monoisotopic (exact) mass is 371 g/mol. The lowest BCUT2D eigenvalue weighted by molar-refractivity contribution is -0.147. The van der Waals surface area contributed by atoms with Gasteiger partial charge in [-0.2, -0.15) is 0 Å². The molecule has 6 nitrogen and oxygen atoms in total. The van der Waals surface area contributed by atoms with Crippen molar-refractivity contribution in [2.75, 3.05) is 6.61 Å². The zero-order chi connectivity index (χ0) is 18.7. The summed E-state index contributed by atoms with van der Waals surface area (Å²) >= 11 is 1.37. The number of ketones is 1. The van der Waals surface area contributed by atoms with Gasteiger partial charge in [0.25, 0.3) is 11.8 Å². The van der Waals surface area contributed by atoms with Crippen LogP contribution >= 0.6 is 11.3 Å². The molecular weight excluding hydrogens is 354 g/mol. The van der Waals surface area contributed by atoms with E-state index in [1.165, 1.54) is 18.3 Å². The molecule has 0 spiro atoms. The molecule has 134 valence electrons. The number of Topliss-reactive ketones (excluding diaryl/α,β-unsaturated/α-hetero) is 1. The predicted octanol–water partition coefficient (Wildman–Crippen LogP) is 2.94. The Kier molecular flexibility index (Phi) is 5.27. The van der Waals surface area contributed by atoms with Gasteiger partial charge in [-0.3, -0.25) is 19.3 Å². The number of rotatable bonds is 7. The smallest absolute Gasteiger partial charge is 0.329 e. The topological polar surface area (TPSA) is 80.8 Å². The first-order chi connectivity index (χ1) is 12.5. The van der Waals surface area contributed by atoms with E-state index in [0.29, 0.717) is 22.4 Å². The van der Waals surface area contributed by atoms with E-state index in [0.717, 1.165) is 4.90 Å². The van der Waals surface area contributed by atoms with E-state index in [1.54, 1.807) is 30.3 Å². The van der Waals surface area contributed by atoms with E-state index in [4.69, 9.17) is 4.74 Å². The Labute approximate surface area is 154 Å². The normalized spacial score (nSPS) is 14.3. The average molecular weight is 371 g/mol. The second-order valence-corrected chi connectivity index (χ2v) is 6.82. The summed E-state index contributed by atoms with van der Waals surface area (Å²) in [6, 6.07) is 9.00. The maximum Gasteiger partial charge on any atom is 0.329 e. The lowest BCUT2D eigenvalue weighted by atomic mass is 10.1. The maximum absolute atomic E-state index is 12.4. The highest BCUT2D eigenvalue weighted by atomic mass is 32.1. The second-order valence-electron chi connectivity index (χ2n) is 5.87. The van der Waals surface area contributed by atoms with Crippen molar-refractivity contribution in [3.05, 3.63) is 57.8 Å². The third-order valence-electron chi connectivity index (χ3n) is 4.14. The number of nitrogens with zero attached hydrogens (tertiary/aromatic N) is 1. The summed E-state index contributed by atoms with van der Waals surface area (Å²) in [5.74, 6) is -1.65. The summed E-state index contributed by atoms with van der Waals surface area (Å²) in [6.45, 7) is 1.52. The molecule has 1 aromatic carbocycles. The molecule has 0 unspecified atom stereocenters. The lowest BCUT2D eigenvalue weighted by Crippen LogP contribution is -2.43. The molecule has 2 heterocycles. The molecule has 3 rings (SSSR count). The van der Waals surface area contributed by atoms with Crippen LogP contribution in [0.4, 0.5) is 0 Å². The Morgan fingerprint density at radius 3 is 2.31 bits per heavy atom. The number of ether oxygens (including phenoxy) is 1. The number of hydrogen-bond acceptors (Lipinski definition) is 6. The van der Waals surface area contributed by atoms with Gasteiger partial charge in [-0.25, -0.2) is 4.79 Å². The minimum atomic E-state index is -1.02. The highest BCUT2D eigenvalue weighted by molar-refractivity contribution is 7.12. The van der Waals surface area contributed by atoms with Gasteiger partial charge in [-0.15, -0.1) is 11.3 Å². The first-order valence-electron chi connectivity index (χ1n) is 8.21. The van der Waals surface area contributed by atoms with E-state index < -0.39 is 23.8 Å². The van der Waals surface area contributed by atoms with Crippen LogP contribution in [0.25, 0.3) is 0 Å². The molecule has 0 bridgehead atoms. The van der Waals surface area contributed by atoms with Crippen molar-refractivity contribution >= 4 is 34.9 Å². The second kappa shape index (κ2) is 7.61. The van der Waals surface area contributed by atoms with Crippen LogP contribution < -0.4 is 0 Å². The summed E-state index contributed by atoms with van der Waals surface area (Å²) in [7, 11) is 0. The van der Waals surface area contributed by atoms with E-state index in [2.05, 4.69) is 0 Å². The van der Waals surface area contributed by atoms with Crippen LogP contribution in [0.1, 0.15) is 50.2 Å². The number of thiophene rings is 1. The molecular formula is C19H17NO5S. The molecule has 7 heteroatoms. The van der Waals surface area contributed by atoms with Crippen LogP contribution in [0.15, 0.2) is 41.8 Å². The van der Waals surface area contributed by atoms with Crippen molar-refractivity contribution in [3.8, 4) is 0 Å². The first-order valence-corrected chi connectivity index (χ1v) is 9.09. The van der Waals surface area contributed by atoms with Crippen LogP contribution in [0.5, 0.6) is 0 Å². The van der Waals surface area contributed by atoms with Crippen LogP contribution in [0.2, 0.25) is 0 Å². The van der Waals surface area contributed by atoms with Gasteiger partial charge < -0.3 is 4.74 Å². The highest BCUT2D eigenvalue weighted by Gasteiger charge is 2.41. The number of carbonyl (C=O) groups is 4. The van der Waals surface area contributed by atoms with Crippen molar-refractivity contribution < 1.29 is 23.9 Å². The third-order valence-corrected chi connectivity index (χ3v) is 5.05. The number of fused-ring (bicyclic) bond motifs is 1. The molecule has 0 radical (unpaired) electrons. The molecule has 1 aliphatic heterocycles. The van der Waals surface area contributed by atoms with Crippen LogP contribution in [0.3, 0.4) is 0 Å². The van der Waals surface area contributed by atoms with Gasteiger partial charge in [-0.1, -0.05) is 18.2 Å². The van der Waals surface area contributed by atoms with Gasteiger partial charge >= 0.3 is 5.97 Å². The first kappa shape index (κ1) is 18.0. The van der Waals surface area contributed by atoms with Crippen molar-refractivity contribution in [1.29, 1.82) is 0 Å². The molecule has 1 aromatic heterocycles. The molecule has 0 saturated heterocycles. The zero-order valence-electron chi connectivity index (χ0n) is 14.1. The van der Waals surface area contributed by atoms with Crippen molar-refractivity contribution in [1.82, 2.24) is 4.90 Å². The fourth-order valence-corrected chi connectivity index (χ4v) is 3.45. The number of amides is 2. The SMILES string of the molecule is C[C@@H](C(=O)OCCCC(=O)c1cccs1)N1C(=O)c2ccccc2C1=O. The standard InChI is InChI=1S/C19H17NO5S/c1-12(20-17(22)13-6-2-3-7-14(13)18(20)23)19(24)25-10-4-8-15(21)16-9-5-11-26-16/h2-3,5-7,9,11-12H,4,8,10H2,1H3/t12-/m0/s1. The predicted molar refractivity (Wildman–Crippen MR) is 95.2 cm³/mol. The zero-order valence-corrected chi connectivity index (χ0v) is 15.0. The van der Waals surface area contributed by atoms with E-state index in [1.807, 2.05) is 11.4 Å². The minimum Gasteiger partial charge on any atom is -0.464 e. The molecule has 26 heavy (non-hydrogen) atoms. The molecule has 0 aliphatic carbocycles. The molecule has 0 saturated carbocycles. The Hall–Kier alpha value is -2.80. The largest absolute Gasteiger partial charge is 0.464 e. The number of esters is 1. The summed E-state index contributed by atoms with van der Waals surface area (Å²) in [4.78, 5) is 50.4. The summed E-state index contributed by atoms with van der Waals surface area (Å²) in [5.41, 5.74) is 0.581. The van der Waals surface area contributed by atoms with Crippen molar-refractivity contribution in [3.63, 3.8) is 0 Å². The van der Waals surface area contributed by atoms with E-state index in [9.17, 15) is 19.2 Å². The Balaban J connectivity index is 1.52. The quantitative estimate of drug-likeness (QED) is 0.323. The van der Waals surface area contributed by atoms with Gasteiger partial charge in [0, 0.05) is 6.42 Å². The molecule has 1 aliphatic rings. The Morgan fingerprint density at radius 2 is 1.73 bits per heavy atom. The molecule has 2 amide bonds. The molecule has 1 atom stereocenters. The number of benzene rings is 1. The molecule has 2 aromatic rings. The third kappa shape index (κ3) is 3.43. The summed E-state index contributed by atoms with van der Waals surface area (Å²) in [6.07, 6.45) is 0.659. The number of imide groups is 1. The minimum absolute atomic E-state index is 0.00412. The number of hydrogen-bond donors (Lipinski definition) is 0. The van der Waals surface area contributed by atoms with Crippen LogP contribution in [0, 0.1) is 0 Å². The van der Waals surface area contributed by atoms with Gasteiger partial charge in [0.15, 0.2) is 5.78 Å². The van der Waals surface area contributed by atoms with Gasteiger partial charge in [0.2, 0.25) is 0 Å². The lowest BCUT2D eigenvalue weighted by Gasteiger charge is -2.20. The van der Waals surface area contributed by atoms with Crippen molar-refractivity contribution in [2.24, 2.45) is 0 Å². The van der Waals surface area contributed by atoms with Gasteiger partial charge in [0.1, 0.15) is 6.04 Å². The Morgan fingerprint density at radius 1 is 1.08 bits per heavy atom. The van der Waals surface area contributed by atoms with Crippen LogP contribution in [-0.2, 0) is 9.53 Å². The summed E-state index contributed by atoms with van der Waals surface area (Å²) < 4.78 is 5.15. The Bertz CT molecular complexity index is 824. The summed E-state index contributed by atoms with van der Waals surface area (Å²) in [5, 5.41) is 1.83. The fraction of sp³-hybridized carbons (Fsp3) is 0.263. The van der Waals surface area contributed by atoms with E-state index in [-0.39, 0.29) is 18.8 Å². The highest BCUT2D eigenvalue weighted by Crippen LogP contribution is 2.24. The average Bonchev–Trinajstić information content (AvgIpc) is 3.26. The number of carbonyl (C=O) groups excluding carboxylic acids is 4. The van der Waals surface area contributed by atoms with Crippen LogP contribution in [-0.4, -0.2) is 41.1 Å². The van der Waals surface area contributed by atoms with Gasteiger partial charge in [0.05, 0.1) is 22.6 Å². The molecule has 0 fully saturated rings. The van der Waals surface area contributed by atoms with Gasteiger partial charge in [-0.05, 0) is 36.9 Å². The molecule has 0 N–H and O–H groups in total. The van der Waals surface area contributed by atoms with E-state index >= 15 is 0 Å². The maximum atomic E-state index is 12.4. The fourth-order valence-electron chi connectivity index (χ4n) is 2.75. The van der Waals surface area contributed by atoms with Crippen molar-refractivity contribution in [2.45, 2.75) is 25.8 Å².